The summed E-state index contributed by atoms with van der Waals surface area (Å²) in [7, 11) is 1.63. The smallest absolute Gasteiger partial charge is 0.259 e. The molecule has 0 aliphatic carbocycles. The molecule has 0 bridgehead atoms. The van der Waals surface area contributed by atoms with E-state index in [9.17, 15) is 4.79 Å². The zero-order valence-corrected chi connectivity index (χ0v) is 17.1. The van der Waals surface area contributed by atoms with Crippen molar-refractivity contribution in [2.45, 2.75) is 13.5 Å². The number of nitrogen functional groups attached to an aromatic ring is 1. The first-order valence-electron chi connectivity index (χ1n) is 8.55. The van der Waals surface area contributed by atoms with E-state index in [0.29, 0.717) is 23.6 Å². The third-order valence-electron chi connectivity index (χ3n) is 4.19. The molecule has 0 aliphatic heterocycles. The molecule has 2 aromatic carbocycles. The summed E-state index contributed by atoms with van der Waals surface area (Å²) in [6.07, 6.45) is 1.58. The molecule has 6 nitrogen and oxygen atoms in total. The van der Waals surface area contributed by atoms with Gasteiger partial charge in [-0.05, 0) is 58.2 Å². The van der Waals surface area contributed by atoms with Gasteiger partial charge < -0.3 is 20.5 Å². The summed E-state index contributed by atoms with van der Waals surface area (Å²) in [6.45, 7) is 2.22. The normalized spacial score (nSPS) is 10.4. The van der Waals surface area contributed by atoms with Gasteiger partial charge in [-0.1, -0.05) is 18.2 Å². The Morgan fingerprint density at radius 3 is 2.64 bits per heavy atom. The number of rotatable bonds is 6. The highest BCUT2D eigenvalue weighted by molar-refractivity contribution is 9.10. The quantitative estimate of drug-likeness (QED) is 0.584. The maximum atomic E-state index is 12.7. The molecule has 0 saturated heterocycles. The Kier molecular flexibility index (Phi) is 6.16. The molecule has 28 heavy (non-hydrogen) atoms. The number of aromatic nitrogens is 1. The fourth-order valence-electron chi connectivity index (χ4n) is 2.63. The van der Waals surface area contributed by atoms with Crippen LogP contribution in [0.15, 0.2) is 59.2 Å². The first-order chi connectivity index (χ1) is 13.5. The minimum atomic E-state index is -0.323. The topological polar surface area (TPSA) is 86.5 Å². The molecule has 3 N–H and O–H groups in total. The van der Waals surface area contributed by atoms with Crippen molar-refractivity contribution in [3.05, 3.63) is 75.9 Å². The Labute approximate surface area is 171 Å². The van der Waals surface area contributed by atoms with Crippen LogP contribution in [0, 0.1) is 6.92 Å². The lowest BCUT2D eigenvalue weighted by atomic mass is 10.1. The van der Waals surface area contributed by atoms with Crippen LogP contribution in [0.1, 0.15) is 21.5 Å². The highest BCUT2D eigenvalue weighted by atomic mass is 79.9. The summed E-state index contributed by atoms with van der Waals surface area (Å²) in [5.74, 6) is 1.30. The Morgan fingerprint density at radius 1 is 1.18 bits per heavy atom. The fourth-order valence-corrected chi connectivity index (χ4v) is 2.93. The molecule has 1 amide bonds. The summed E-state index contributed by atoms with van der Waals surface area (Å²) < 4.78 is 11.7. The zero-order chi connectivity index (χ0) is 20.1. The van der Waals surface area contributed by atoms with Crippen LogP contribution in [-0.2, 0) is 6.61 Å². The molecule has 0 atom stereocenters. The van der Waals surface area contributed by atoms with Crippen molar-refractivity contribution >= 4 is 33.3 Å². The Balaban J connectivity index is 1.69. The monoisotopic (exact) mass is 441 g/mol. The van der Waals surface area contributed by atoms with Gasteiger partial charge in [0.2, 0.25) is 0 Å². The molecule has 1 heterocycles. The highest BCUT2D eigenvalue weighted by Gasteiger charge is 2.16. The van der Waals surface area contributed by atoms with Gasteiger partial charge in [0.15, 0.2) is 0 Å². The van der Waals surface area contributed by atoms with Crippen molar-refractivity contribution in [1.82, 2.24) is 4.98 Å². The van der Waals surface area contributed by atoms with E-state index >= 15 is 0 Å². The molecule has 144 valence electrons. The molecule has 0 unspecified atom stereocenters. The number of nitrogens with zero attached hydrogens (tertiary/aromatic N) is 1. The lowest BCUT2D eigenvalue weighted by Crippen LogP contribution is -2.16. The van der Waals surface area contributed by atoms with Crippen LogP contribution < -0.4 is 20.5 Å². The number of halogens is 1. The molecule has 7 heteroatoms. The van der Waals surface area contributed by atoms with Crippen molar-refractivity contribution in [2.24, 2.45) is 0 Å². The fraction of sp³-hybridized carbons (Fsp3) is 0.143. The van der Waals surface area contributed by atoms with E-state index in [4.69, 9.17) is 15.2 Å². The number of benzene rings is 2. The second-order valence-electron chi connectivity index (χ2n) is 6.11. The number of amides is 1. The molecule has 0 saturated carbocycles. The zero-order valence-electron chi connectivity index (χ0n) is 15.5. The van der Waals surface area contributed by atoms with Crippen molar-refractivity contribution in [3.63, 3.8) is 0 Å². The molecule has 0 radical (unpaired) electrons. The van der Waals surface area contributed by atoms with Crippen molar-refractivity contribution in [3.8, 4) is 11.5 Å². The Hall–Kier alpha value is -3.06. The Bertz CT molecular complexity index is 991. The predicted molar refractivity (Wildman–Crippen MR) is 113 cm³/mol. The summed E-state index contributed by atoms with van der Waals surface area (Å²) in [5.41, 5.74) is 8.58. The summed E-state index contributed by atoms with van der Waals surface area (Å²) in [5, 5.41) is 2.84. The number of carbonyl (C=O) groups excluding carboxylic acids is 1. The number of nitrogens with two attached hydrogens (primary N) is 1. The SMILES string of the molecule is COc1ccc(COc2cccc(NC(=O)c3c(N)ncc(Br)c3C)c2)cc1. The van der Waals surface area contributed by atoms with E-state index in [2.05, 4.69) is 26.2 Å². The van der Waals surface area contributed by atoms with Crippen LogP contribution >= 0.6 is 15.9 Å². The Morgan fingerprint density at radius 2 is 1.93 bits per heavy atom. The number of carbonyl (C=O) groups is 1. The van der Waals surface area contributed by atoms with Gasteiger partial charge in [0.05, 0.1) is 12.7 Å². The van der Waals surface area contributed by atoms with Gasteiger partial charge in [0.1, 0.15) is 23.9 Å². The minimum absolute atomic E-state index is 0.185. The van der Waals surface area contributed by atoms with E-state index in [1.165, 1.54) is 0 Å². The van der Waals surface area contributed by atoms with Crippen molar-refractivity contribution in [1.29, 1.82) is 0 Å². The van der Waals surface area contributed by atoms with Crippen LogP contribution in [0.3, 0.4) is 0 Å². The van der Waals surface area contributed by atoms with Crippen LogP contribution in [0.5, 0.6) is 11.5 Å². The number of ether oxygens (including phenoxy) is 2. The lowest BCUT2D eigenvalue weighted by Gasteiger charge is -2.12. The van der Waals surface area contributed by atoms with Gasteiger partial charge in [-0.3, -0.25) is 4.79 Å². The number of hydrogen-bond donors (Lipinski definition) is 2. The summed E-state index contributed by atoms with van der Waals surface area (Å²) in [4.78, 5) is 16.7. The largest absolute Gasteiger partial charge is 0.497 e. The maximum Gasteiger partial charge on any atom is 0.259 e. The summed E-state index contributed by atoms with van der Waals surface area (Å²) in [6, 6.07) is 14.8. The number of hydrogen-bond acceptors (Lipinski definition) is 5. The molecule has 1 aromatic heterocycles. The maximum absolute atomic E-state index is 12.7. The van der Waals surface area contributed by atoms with E-state index in [1.54, 1.807) is 25.4 Å². The standard InChI is InChI=1S/C21H20BrN3O3/c1-13-18(22)11-24-20(23)19(13)21(26)25-15-4-3-5-17(10-15)28-12-14-6-8-16(27-2)9-7-14/h3-11H,12H2,1-2H3,(H2,23,24)(H,25,26). The average molecular weight is 442 g/mol. The van der Waals surface area contributed by atoms with E-state index in [-0.39, 0.29) is 11.7 Å². The number of anilines is 2. The summed E-state index contributed by atoms with van der Waals surface area (Å²) >= 11 is 3.37. The van der Waals surface area contributed by atoms with Crippen LogP contribution in [0.25, 0.3) is 0 Å². The molecular weight excluding hydrogens is 422 g/mol. The van der Waals surface area contributed by atoms with E-state index in [1.807, 2.05) is 43.3 Å². The van der Waals surface area contributed by atoms with E-state index < -0.39 is 0 Å². The van der Waals surface area contributed by atoms with Crippen LogP contribution in [0.4, 0.5) is 11.5 Å². The lowest BCUT2D eigenvalue weighted by molar-refractivity contribution is 0.102. The van der Waals surface area contributed by atoms with Gasteiger partial charge in [-0.2, -0.15) is 0 Å². The second kappa shape index (κ2) is 8.75. The second-order valence-corrected chi connectivity index (χ2v) is 6.96. The van der Waals surface area contributed by atoms with Crippen LogP contribution in [-0.4, -0.2) is 18.0 Å². The molecular formula is C21H20BrN3O3. The average Bonchev–Trinajstić information content (AvgIpc) is 2.70. The number of pyridine rings is 1. The molecule has 3 aromatic rings. The van der Waals surface area contributed by atoms with Crippen molar-refractivity contribution < 1.29 is 14.3 Å². The molecule has 3 rings (SSSR count). The number of nitrogens with one attached hydrogen (secondary N) is 1. The van der Waals surface area contributed by atoms with Crippen LogP contribution in [0.2, 0.25) is 0 Å². The highest BCUT2D eigenvalue weighted by Crippen LogP contribution is 2.25. The van der Waals surface area contributed by atoms with Gasteiger partial charge in [0, 0.05) is 22.4 Å². The molecule has 0 fully saturated rings. The van der Waals surface area contributed by atoms with Gasteiger partial charge >= 0.3 is 0 Å². The third kappa shape index (κ3) is 4.61. The third-order valence-corrected chi connectivity index (χ3v) is 4.99. The van der Waals surface area contributed by atoms with Gasteiger partial charge in [-0.25, -0.2) is 4.98 Å². The first kappa shape index (κ1) is 19.7. The predicted octanol–water partition coefficient (Wildman–Crippen LogP) is 4.57. The first-order valence-corrected chi connectivity index (χ1v) is 9.35. The molecule has 0 spiro atoms. The van der Waals surface area contributed by atoms with Gasteiger partial charge in [0.25, 0.3) is 5.91 Å². The number of methoxy groups -OCH3 is 1. The minimum Gasteiger partial charge on any atom is -0.497 e. The van der Waals surface area contributed by atoms with Gasteiger partial charge in [-0.15, -0.1) is 0 Å². The van der Waals surface area contributed by atoms with Crippen molar-refractivity contribution in [2.75, 3.05) is 18.2 Å². The van der Waals surface area contributed by atoms with E-state index in [0.717, 1.165) is 21.3 Å². The molecule has 0 aliphatic rings.